The van der Waals surface area contributed by atoms with E-state index in [2.05, 4.69) is 65.2 Å². The first-order valence-electron chi connectivity index (χ1n) is 11.8. The minimum Gasteiger partial charge on any atom is -0.447 e. The lowest BCUT2D eigenvalue weighted by molar-refractivity contribution is -0.00730. The van der Waals surface area contributed by atoms with Crippen molar-refractivity contribution in [2.24, 2.45) is 5.92 Å². The van der Waals surface area contributed by atoms with Crippen LogP contribution in [0.15, 0.2) is 36.5 Å². The van der Waals surface area contributed by atoms with Gasteiger partial charge < -0.3 is 15.2 Å². The summed E-state index contributed by atoms with van der Waals surface area (Å²) in [6, 6.07) is 10.3. The number of amides is 1. The Hall–Kier alpha value is -2.71. The second-order valence-electron chi connectivity index (χ2n) is 9.88. The van der Waals surface area contributed by atoms with E-state index in [0.29, 0.717) is 18.4 Å². The van der Waals surface area contributed by atoms with Crippen LogP contribution in [0, 0.1) is 5.92 Å². The third kappa shape index (κ3) is 5.62. The smallest absolute Gasteiger partial charge is 0.415 e. The molecule has 2 N–H and O–H groups in total. The lowest BCUT2D eigenvalue weighted by atomic mass is 9.93. The maximum absolute atomic E-state index is 12.3. The van der Waals surface area contributed by atoms with Crippen LogP contribution < -0.4 is 10.2 Å². The third-order valence-corrected chi connectivity index (χ3v) is 6.73. The molecule has 0 bridgehead atoms. The summed E-state index contributed by atoms with van der Waals surface area (Å²) in [6.45, 7) is 11.2. The van der Waals surface area contributed by atoms with Crippen molar-refractivity contribution in [2.75, 3.05) is 29.9 Å². The van der Waals surface area contributed by atoms with Gasteiger partial charge in [0.2, 0.25) is 5.95 Å². The van der Waals surface area contributed by atoms with E-state index in [1.54, 1.807) is 17.2 Å². The summed E-state index contributed by atoms with van der Waals surface area (Å²) >= 11 is 0. The molecule has 4 rings (SSSR count). The molecule has 2 aliphatic heterocycles. The summed E-state index contributed by atoms with van der Waals surface area (Å²) in [6.07, 6.45) is 2.94. The summed E-state index contributed by atoms with van der Waals surface area (Å²) in [4.78, 5) is 25.2. The van der Waals surface area contributed by atoms with E-state index in [0.717, 1.165) is 38.0 Å². The van der Waals surface area contributed by atoms with Crippen molar-refractivity contribution < 1.29 is 14.6 Å². The fourth-order valence-electron chi connectivity index (χ4n) is 4.38. The van der Waals surface area contributed by atoms with Crippen molar-refractivity contribution >= 4 is 17.9 Å². The van der Waals surface area contributed by atoms with Crippen molar-refractivity contribution in [1.82, 2.24) is 14.9 Å². The van der Waals surface area contributed by atoms with Gasteiger partial charge in [0, 0.05) is 25.8 Å². The van der Waals surface area contributed by atoms with Gasteiger partial charge in [-0.15, -0.1) is 0 Å². The monoisotopic (exact) mass is 453 g/mol. The Morgan fingerprint density at radius 2 is 1.88 bits per heavy atom. The molecule has 0 aliphatic carbocycles. The standard InChI is InChI=1S/C25H35N5O3/c1-17(2)21-16-33-24(31)30(21)22-9-12-26-23(28-22)27-18(3)20-7-5-19(6-8-20)15-29-13-10-25(4,32)11-14-29/h5-9,12,17-18,21,32H,10-11,13-16H2,1-4H3,(H,26,27,28)/t18-,21?/m0/s1. The molecule has 1 unspecified atom stereocenters. The molecule has 0 radical (unpaired) electrons. The molecule has 3 heterocycles. The number of aromatic nitrogens is 2. The predicted molar refractivity (Wildman–Crippen MR) is 128 cm³/mol. The number of carbonyl (C=O) groups is 1. The Labute approximate surface area is 196 Å². The normalized spacial score (nSPS) is 21.8. The number of aliphatic hydroxyl groups is 1. The Morgan fingerprint density at radius 1 is 1.18 bits per heavy atom. The summed E-state index contributed by atoms with van der Waals surface area (Å²) in [5, 5.41) is 13.5. The minimum absolute atomic E-state index is 0.00538. The van der Waals surface area contributed by atoms with Crippen LogP contribution in [0.2, 0.25) is 0 Å². The zero-order valence-electron chi connectivity index (χ0n) is 20.0. The number of carbonyl (C=O) groups excluding carboxylic acids is 1. The number of rotatable bonds is 7. The first-order valence-corrected chi connectivity index (χ1v) is 11.8. The fourth-order valence-corrected chi connectivity index (χ4v) is 4.38. The molecule has 8 nitrogen and oxygen atoms in total. The highest BCUT2D eigenvalue weighted by Crippen LogP contribution is 2.27. The number of anilines is 2. The van der Waals surface area contributed by atoms with E-state index >= 15 is 0 Å². The molecule has 33 heavy (non-hydrogen) atoms. The lowest BCUT2D eigenvalue weighted by Gasteiger charge is -2.35. The van der Waals surface area contributed by atoms with Crippen LogP contribution in [0.5, 0.6) is 0 Å². The molecule has 2 saturated heterocycles. The summed E-state index contributed by atoms with van der Waals surface area (Å²) in [5.41, 5.74) is 1.87. The fraction of sp³-hybridized carbons (Fsp3) is 0.560. The minimum atomic E-state index is -0.522. The van der Waals surface area contributed by atoms with E-state index in [4.69, 9.17) is 4.74 Å². The van der Waals surface area contributed by atoms with E-state index in [1.807, 2.05) is 6.92 Å². The van der Waals surface area contributed by atoms with Crippen LogP contribution in [-0.4, -0.2) is 57.4 Å². The van der Waals surface area contributed by atoms with Crippen LogP contribution in [-0.2, 0) is 11.3 Å². The molecular formula is C25H35N5O3. The highest BCUT2D eigenvalue weighted by molar-refractivity contribution is 5.89. The Balaban J connectivity index is 1.38. The molecule has 178 valence electrons. The molecule has 2 aliphatic rings. The number of ether oxygens (including phenoxy) is 1. The summed E-state index contributed by atoms with van der Waals surface area (Å²) in [5.74, 6) is 1.29. The van der Waals surface area contributed by atoms with Gasteiger partial charge in [-0.3, -0.25) is 9.80 Å². The average Bonchev–Trinajstić information content (AvgIpc) is 3.17. The second-order valence-corrected chi connectivity index (χ2v) is 9.88. The Morgan fingerprint density at radius 3 is 2.55 bits per heavy atom. The van der Waals surface area contributed by atoms with E-state index in [1.165, 1.54) is 5.56 Å². The zero-order chi connectivity index (χ0) is 23.6. The number of cyclic esters (lactones) is 1. The van der Waals surface area contributed by atoms with Crippen molar-refractivity contribution in [3.05, 3.63) is 47.7 Å². The third-order valence-electron chi connectivity index (χ3n) is 6.73. The van der Waals surface area contributed by atoms with Crippen LogP contribution in [0.25, 0.3) is 0 Å². The van der Waals surface area contributed by atoms with Crippen molar-refractivity contribution in [2.45, 2.75) is 64.8 Å². The quantitative estimate of drug-likeness (QED) is 0.655. The molecule has 2 fully saturated rings. The largest absolute Gasteiger partial charge is 0.447 e. The van der Waals surface area contributed by atoms with Crippen molar-refractivity contribution in [3.8, 4) is 0 Å². The van der Waals surface area contributed by atoms with Crippen molar-refractivity contribution in [1.29, 1.82) is 0 Å². The number of piperidine rings is 1. The summed E-state index contributed by atoms with van der Waals surface area (Å²) < 4.78 is 5.25. The topological polar surface area (TPSA) is 90.8 Å². The molecular weight excluding hydrogens is 418 g/mol. The zero-order valence-corrected chi connectivity index (χ0v) is 20.0. The summed E-state index contributed by atoms with van der Waals surface area (Å²) in [7, 11) is 0. The average molecular weight is 454 g/mol. The van der Waals surface area contributed by atoms with E-state index in [9.17, 15) is 9.90 Å². The second kappa shape index (κ2) is 9.65. The SMILES string of the molecule is CC(C)C1COC(=O)N1c1ccnc(N[C@@H](C)c2ccc(CN3CCC(C)(O)CC3)cc2)n1. The van der Waals surface area contributed by atoms with Gasteiger partial charge in [0.05, 0.1) is 17.7 Å². The van der Waals surface area contributed by atoms with Gasteiger partial charge in [0.1, 0.15) is 12.4 Å². The predicted octanol–water partition coefficient (Wildman–Crippen LogP) is 3.98. The number of hydrogen-bond donors (Lipinski definition) is 2. The molecule has 8 heteroatoms. The van der Waals surface area contributed by atoms with Crippen molar-refractivity contribution in [3.63, 3.8) is 0 Å². The lowest BCUT2D eigenvalue weighted by Crippen LogP contribution is -2.41. The van der Waals surface area contributed by atoms with Crippen LogP contribution in [0.1, 0.15) is 57.7 Å². The number of nitrogens with one attached hydrogen (secondary N) is 1. The van der Waals surface area contributed by atoms with Gasteiger partial charge >= 0.3 is 6.09 Å². The van der Waals surface area contributed by atoms with E-state index in [-0.39, 0.29) is 24.1 Å². The number of likely N-dealkylation sites (tertiary alicyclic amines) is 1. The number of nitrogens with zero attached hydrogens (tertiary/aromatic N) is 4. The molecule has 1 amide bonds. The molecule has 0 saturated carbocycles. The van der Waals surface area contributed by atoms with Gasteiger partial charge in [0.15, 0.2) is 0 Å². The van der Waals surface area contributed by atoms with Gasteiger partial charge in [-0.2, -0.15) is 4.98 Å². The van der Waals surface area contributed by atoms with E-state index < -0.39 is 5.60 Å². The van der Waals surface area contributed by atoms with Crippen LogP contribution >= 0.6 is 0 Å². The number of benzene rings is 1. The molecule has 1 aromatic heterocycles. The molecule has 0 spiro atoms. The Kier molecular flexibility index (Phi) is 6.86. The molecule has 2 atom stereocenters. The van der Waals surface area contributed by atoms with Gasteiger partial charge in [-0.25, -0.2) is 9.78 Å². The molecule has 2 aromatic rings. The first kappa shape index (κ1) is 23.4. The number of hydrogen-bond acceptors (Lipinski definition) is 7. The molecule has 1 aromatic carbocycles. The maximum atomic E-state index is 12.3. The highest BCUT2D eigenvalue weighted by atomic mass is 16.6. The maximum Gasteiger partial charge on any atom is 0.415 e. The van der Waals surface area contributed by atoms with Crippen LogP contribution in [0.3, 0.4) is 0 Å². The van der Waals surface area contributed by atoms with Crippen LogP contribution in [0.4, 0.5) is 16.6 Å². The Bertz CT molecular complexity index is 953. The van der Waals surface area contributed by atoms with Gasteiger partial charge in [-0.1, -0.05) is 38.1 Å². The first-order chi connectivity index (χ1) is 15.7. The van der Waals surface area contributed by atoms with Gasteiger partial charge in [-0.05, 0) is 49.8 Å². The highest BCUT2D eigenvalue weighted by Gasteiger charge is 2.37. The van der Waals surface area contributed by atoms with Gasteiger partial charge in [0.25, 0.3) is 0 Å².